The lowest BCUT2D eigenvalue weighted by Gasteiger charge is -2.11. The number of ether oxygens (including phenoxy) is 1. The van der Waals surface area contributed by atoms with Crippen LogP contribution >= 0.6 is 0 Å². The molecule has 0 fully saturated rings. The number of benzene rings is 2. The van der Waals surface area contributed by atoms with Crippen molar-refractivity contribution in [1.29, 1.82) is 0 Å². The fraction of sp³-hybridized carbons (Fsp3) is 0.316. The summed E-state index contributed by atoms with van der Waals surface area (Å²) in [6.45, 7) is 1.98. The van der Waals surface area contributed by atoms with Crippen molar-refractivity contribution in [2.24, 2.45) is 5.92 Å². The fourth-order valence-electron chi connectivity index (χ4n) is 2.59. The summed E-state index contributed by atoms with van der Waals surface area (Å²) in [6.07, 6.45) is 1.99. The summed E-state index contributed by atoms with van der Waals surface area (Å²) >= 11 is 0. The van der Waals surface area contributed by atoms with E-state index in [0.717, 1.165) is 29.7 Å². The summed E-state index contributed by atoms with van der Waals surface area (Å²) in [5.74, 6) is 0.321. The van der Waals surface area contributed by atoms with Gasteiger partial charge in [0.05, 0.1) is 7.11 Å². The Bertz CT molecular complexity index is 634. The summed E-state index contributed by atoms with van der Waals surface area (Å²) < 4.78 is 5.42. The molecule has 0 saturated carbocycles. The van der Waals surface area contributed by atoms with Crippen LogP contribution in [0.15, 0.2) is 48.5 Å². The van der Waals surface area contributed by atoms with E-state index < -0.39 is 5.97 Å². The maximum Gasteiger partial charge on any atom is 0.303 e. The Labute approximate surface area is 131 Å². The van der Waals surface area contributed by atoms with E-state index in [2.05, 4.69) is 18.2 Å². The van der Waals surface area contributed by atoms with E-state index in [9.17, 15) is 4.79 Å². The topological polar surface area (TPSA) is 46.5 Å². The molecule has 22 heavy (non-hydrogen) atoms. The largest absolute Gasteiger partial charge is 0.496 e. The average Bonchev–Trinajstić information content (AvgIpc) is 2.52. The predicted molar refractivity (Wildman–Crippen MR) is 88.2 cm³/mol. The Balaban J connectivity index is 2.11. The van der Waals surface area contributed by atoms with Gasteiger partial charge in [-0.2, -0.15) is 0 Å². The number of aryl methyl sites for hydroxylation is 1. The standard InChI is InChI=1S/C19H22O3/c1-14(12-19(20)21)10-11-15-6-5-7-16(13-15)17-8-3-4-9-18(17)22-2/h3-9,13-14H,10-12H2,1-2H3,(H,20,21). The summed E-state index contributed by atoms with van der Waals surface area (Å²) in [4.78, 5) is 10.7. The number of carbonyl (C=O) groups is 1. The van der Waals surface area contributed by atoms with Crippen molar-refractivity contribution >= 4 is 5.97 Å². The Morgan fingerprint density at radius 3 is 2.68 bits per heavy atom. The van der Waals surface area contributed by atoms with Gasteiger partial charge < -0.3 is 9.84 Å². The lowest BCUT2D eigenvalue weighted by atomic mass is 9.96. The van der Waals surface area contributed by atoms with Gasteiger partial charge in [-0.05, 0) is 36.0 Å². The number of carboxylic acids is 1. The fourth-order valence-corrected chi connectivity index (χ4v) is 2.59. The van der Waals surface area contributed by atoms with Gasteiger partial charge in [0.25, 0.3) is 0 Å². The third-order valence-electron chi connectivity index (χ3n) is 3.79. The first-order valence-electron chi connectivity index (χ1n) is 7.54. The molecule has 0 saturated heterocycles. The second-order valence-electron chi connectivity index (χ2n) is 5.64. The van der Waals surface area contributed by atoms with Crippen LogP contribution in [-0.2, 0) is 11.2 Å². The lowest BCUT2D eigenvalue weighted by molar-refractivity contribution is -0.138. The first-order valence-corrected chi connectivity index (χ1v) is 7.54. The number of hydrogen-bond donors (Lipinski definition) is 1. The molecular weight excluding hydrogens is 276 g/mol. The Kier molecular flexibility index (Phi) is 5.59. The lowest BCUT2D eigenvalue weighted by Crippen LogP contribution is -2.05. The number of methoxy groups -OCH3 is 1. The van der Waals surface area contributed by atoms with Crippen LogP contribution in [0, 0.1) is 5.92 Å². The second kappa shape index (κ2) is 7.64. The van der Waals surface area contributed by atoms with E-state index >= 15 is 0 Å². The van der Waals surface area contributed by atoms with E-state index in [1.54, 1.807) is 7.11 Å². The summed E-state index contributed by atoms with van der Waals surface area (Å²) in [6, 6.07) is 16.3. The minimum Gasteiger partial charge on any atom is -0.496 e. The van der Waals surface area contributed by atoms with Gasteiger partial charge in [-0.25, -0.2) is 0 Å². The van der Waals surface area contributed by atoms with Gasteiger partial charge in [0.1, 0.15) is 5.75 Å². The van der Waals surface area contributed by atoms with Gasteiger partial charge in [0, 0.05) is 12.0 Å². The molecule has 0 amide bonds. The molecule has 0 radical (unpaired) electrons. The van der Waals surface area contributed by atoms with Gasteiger partial charge in [-0.15, -0.1) is 0 Å². The van der Waals surface area contributed by atoms with E-state index in [1.165, 1.54) is 5.56 Å². The number of rotatable bonds is 7. The first-order chi connectivity index (χ1) is 10.6. The highest BCUT2D eigenvalue weighted by atomic mass is 16.5. The van der Waals surface area contributed by atoms with Crippen molar-refractivity contribution in [3.05, 3.63) is 54.1 Å². The molecule has 0 aliphatic heterocycles. The zero-order valence-electron chi connectivity index (χ0n) is 13.1. The molecule has 116 valence electrons. The summed E-state index contributed by atoms with van der Waals surface area (Å²) in [7, 11) is 1.68. The number of carboxylic acid groups (broad SMARTS) is 1. The van der Waals surface area contributed by atoms with Gasteiger partial charge in [-0.3, -0.25) is 4.79 Å². The van der Waals surface area contributed by atoms with Crippen LogP contribution < -0.4 is 4.74 Å². The highest BCUT2D eigenvalue weighted by Crippen LogP contribution is 2.30. The second-order valence-corrected chi connectivity index (χ2v) is 5.64. The number of hydrogen-bond acceptors (Lipinski definition) is 2. The van der Waals surface area contributed by atoms with Gasteiger partial charge in [-0.1, -0.05) is 49.4 Å². The molecular formula is C19H22O3. The molecule has 1 atom stereocenters. The zero-order valence-corrected chi connectivity index (χ0v) is 13.1. The third kappa shape index (κ3) is 4.35. The van der Waals surface area contributed by atoms with Crippen LogP contribution in [0.25, 0.3) is 11.1 Å². The number of para-hydroxylation sites is 1. The van der Waals surface area contributed by atoms with Gasteiger partial charge >= 0.3 is 5.97 Å². The molecule has 0 bridgehead atoms. The zero-order chi connectivity index (χ0) is 15.9. The minimum absolute atomic E-state index is 0.187. The Hall–Kier alpha value is -2.29. The molecule has 3 heteroatoms. The number of aliphatic carboxylic acids is 1. The van der Waals surface area contributed by atoms with E-state index in [-0.39, 0.29) is 12.3 Å². The molecule has 0 aliphatic rings. The normalized spacial score (nSPS) is 11.9. The molecule has 1 N–H and O–H groups in total. The quantitative estimate of drug-likeness (QED) is 0.823. The van der Waals surface area contributed by atoms with Crippen molar-refractivity contribution in [1.82, 2.24) is 0 Å². The van der Waals surface area contributed by atoms with E-state index in [4.69, 9.17) is 9.84 Å². The van der Waals surface area contributed by atoms with Crippen molar-refractivity contribution in [3.8, 4) is 16.9 Å². The van der Waals surface area contributed by atoms with Crippen LogP contribution in [0.4, 0.5) is 0 Å². The third-order valence-corrected chi connectivity index (χ3v) is 3.79. The van der Waals surface area contributed by atoms with E-state index in [0.29, 0.717) is 0 Å². The maximum atomic E-state index is 10.7. The molecule has 2 aromatic carbocycles. The Morgan fingerprint density at radius 2 is 1.95 bits per heavy atom. The highest BCUT2D eigenvalue weighted by Gasteiger charge is 2.09. The molecule has 2 rings (SSSR count). The molecule has 0 spiro atoms. The first kappa shape index (κ1) is 16.1. The molecule has 0 aromatic heterocycles. The van der Waals surface area contributed by atoms with Crippen LogP contribution in [0.3, 0.4) is 0 Å². The van der Waals surface area contributed by atoms with Crippen molar-refractivity contribution in [2.75, 3.05) is 7.11 Å². The smallest absolute Gasteiger partial charge is 0.303 e. The Morgan fingerprint density at radius 1 is 1.18 bits per heavy atom. The maximum absolute atomic E-state index is 10.7. The predicted octanol–water partition coefficient (Wildman–Crippen LogP) is 4.41. The monoisotopic (exact) mass is 298 g/mol. The highest BCUT2D eigenvalue weighted by molar-refractivity contribution is 5.70. The van der Waals surface area contributed by atoms with Crippen molar-refractivity contribution in [2.45, 2.75) is 26.2 Å². The van der Waals surface area contributed by atoms with Crippen LogP contribution in [0.2, 0.25) is 0 Å². The van der Waals surface area contributed by atoms with Crippen LogP contribution in [0.5, 0.6) is 5.75 Å². The molecule has 2 aromatic rings. The molecule has 3 nitrogen and oxygen atoms in total. The summed E-state index contributed by atoms with van der Waals surface area (Å²) in [5, 5.41) is 8.82. The molecule has 0 aliphatic carbocycles. The summed E-state index contributed by atoms with van der Waals surface area (Å²) in [5.41, 5.74) is 3.42. The van der Waals surface area contributed by atoms with Gasteiger partial charge in [0.15, 0.2) is 0 Å². The van der Waals surface area contributed by atoms with Crippen molar-refractivity contribution < 1.29 is 14.6 Å². The van der Waals surface area contributed by atoms with E-state index in [1.807, 2.05) is 37.3 Å². The van der Waals surface area contributed by atoms with Crippen LogP contribution in [-0.4, -0.2) is 18.2 Å². The SMILES string of the molecule is COc1ccccc1-c1cccc(CCC(C)CC(=O)O)c1. The van der Waals surface area contributed by atoms with Gasteiger partial charge in [0.2, 0.25) is 0 Å². The van der Waals surface area contributed by atoms with Crippen molar-refractivity contribution in [3.63, 3.8) is 0 Å². The molecule has 1 unspecified atom stereocenters. The minimum atomic E-state index is -0.727. The average molecular weight is 298 g/mol. The van der Waals surface area contributed by atoms with Crippen LogP contribution in [0.1, 0.15) is 25.3 Å². The molecule has 0 heterocycles.